The third kappa shape index (κ3) is 15.6. The molecule has 2 heterocycles. The molecule has 4 rings (SSSR count). The Bertz CT molecular complexity index is 2260. The Kier molecular flexibility index (Phi) is 16.8. The van der Waals surface area contributed by atoms with Gasteiger partial charge in [0.15, 0.2) is 6.10 Å². The number of hydrogen-bond acceptors (Lipinski definition) is 16. The minimum absolute atomic E-state index is 0.0114. The molecule has 1 atom stereocenters. The van der Waals surface area contributed by atoms with Crippen LogP contribution in [0.25, 0.3) is 22.6 Å². The molecule has 4 N–H and O–H groups in total. The van der Waals surface area contributed by atoms with E-state index in [4.69, 9.17) is 45.4 Å². The average Bonchev–Trinajstić information content (AvgIpc) is 3.66. The van der Waals surface area contributed by atoms with Crippen molar-refractivity contribution < 1.29 is 47.3 Å². The lowest BCUT2D eigenvalue weighted by atomic mass is 9.97. The molecular formula is C42H46ClN7O10S. The van der Waals surface area contributed by atoms with Crippen molar-refractivity contribution in [1.29, 1.82) is 10.5 Å². The van der Waals surface area contributed by atoms with E-state index < -0.39 is 41.4 Å². The molecule has 61 heavy (non-hydrogen) atoms. The lowest BCUT2D eigenvalue weighted by Crippen LogP contribution is -2.35. The first-order valence-corrected chi connectivity index (χ1v) is 20.2. The Hall–Kier alpha value is -6.50. The van der Waals surface area contributed by atoms with Crippen molar-refractivity contribution in [1.82, 2.24) is 20.6 Å². The van der Waals surface area contributed by atoms with Crippen LogP contribution in [0.2, 0.25) is 5.02 Å². The number of thioether (sulfide) groups is 1. The molecule has 0 aliphatic heterocycles. The number of amides is 2. The summed E-state index contributed by atoms with van der Waals surface area (Å²) in [5.41, 5.74) is 6.98. The maximum absolute atomic E-state index is 12.8. The van der Waals surface area contributed by atoms with Crippen LogP contribution in [0.15, 0.2) is 64.2 Å². The van der Waals surface area contributed by atoms with E-state index in [1.165, 1.54) is 18.0 Å². The zero-order valence-electron chi connectivity index (χ0n) is 34.5. The number of rotatable bonds is 17. The minimum atomic E-state index is -1.08. The number of hydrogen-bond donors (Lipinski definition) is 3. The first-order valence-electron chi connectivity index (χ1n) is 18.8. The molecule has 0 spiro atoms. The van der Waals surface area contributed by atoms with Crippen LogP contribution in [-0.4, -0.2) is 77.7 Å². The molecule has 0 aliphatic rings. The highest BCUT2D eigenvalue weighted by atomic mass is 35.5. The van der Waals surface area contributed by atoms with Gasteiger partial charge in [0.25, 0.3) is 0 Å². The number of nitrogens with two attached hydrogens (primary N) is 1. The number of ether oxygens (including phenoxy) is 5. The summed E-state index contributed by atoms with van der Waals surface area (Å²) in [4.78, 5) is 58.1. The van der Waals surface area contributed by atoms with Gasteiger partial charge in [-0.1, -0.05) is 35.5 Å². The summed E-state index contributed by atoms with van der Waals surface area (Å²) in [5, 5.41) is 26.1. The van der Waals surface area contributed by atoms with E-state index in [1.807, 2.05) is 0 Å². The van der Waals surface area contributed by atoms with E-state index in [9.17, 15) is 29.7 Å². The minimum Gasteiger partial charge on any atom is -0.490 e. The third-order valence-corrected chi connectivity index (χ3v) is 8.98. The molecule has 2 aromatic carbocycles. The molecule has 0 saturated carbocycles. The lowest BCUT2D eigenvalue weighted by molar-refractivity contribution is -0.160. The number of esters is 2. The van der Waals surface area contributed by atoms with Gasteiger partial charge in [0.1, 0.15) is 65.0 Å². The number of carbonyl (C=O) groups is 4. The molecule has 2 amide bonds. The number of halogens is 1. The highest BCUT2D eigenvalue weighted by molar-refractivity contribution is 7.98. The molecule has 19 heteroatoms. The van der Waals surface area contributed by atoms with Crippen molar-refractivity contribution in [3.63, 3.8) is 0 Å². The van der Waals surface area contributed by atoms with Crippen LogP contribution in [0, 0.1) is 22.7 Å². The van der Waals surface area contributed by atoms with Gasteiger partial charge in [-0.3, -0.25) is 9.59 Å². The number of benzene rings is 2. The van der Waals surface area contributed by atoms with Crippen LogP contribution < -0.4 is 21.1 Å². The number of nitrogen functional groups attached to an aromatic ring is 1. The predicted molar refractivity (Wildman–Crippen MR) is 224 cm³/mol. The van der Waals surface area contributed by atoms with Crippen LogP contribution in [-0.2, 0) is 34.3 Å². The van der Waals surface area contributed by atoms with Gasteiger partial charge in [0, 0.05) is 35.0 Å². The Morgan fingerprint density at radius 2 is 1.39 bits per heavy atom. The van der Waals surface area contributed by atoms with Crippen molar-refractivity contribution >= 4 is 53.3 Å². The van der Waals surface area contributed by atoms with E-state index >= 15 is 0 Å². The third-order valence-electron chi connectivity index (χ3n) is 7.72. The fourth-order valence-corrected chi connectivity index (χ4v) is 6.12. The van der Waals surface area contributed by atoms with Crippen LogP contribution in [0.3, 0.4) is 0 Å². The first kappa shape index (κ1) is 47.2. The Labute approximate surface area is 362 Å². The van der Waals surface area contributed by atoms with Crippen molar-refractivity contribution in [3.8, 4) is 40.5 Å². The Balaban J connectivity index is 1.44. The van der Waals surface area contributed by atoms with Gasteiger partial charge in [0.2, 0.25) is 5.89 Å². The van der Waals surface area contributed by atoms with Crippen LogP contribution in [0.4, 0.5) is 15.4 Å². The summed E-state index contributed by atoms with van der Waals surface area (Å²) in [7, 11) is 0. The predicted octanol–water partition coefficient (Wildman–Crippen LogP) is 7.34. The number of nitrogens with one attached hydrogen (secondary N) is 2. The number of nitriles is 2. The van der Waals surface area contributed by atoms with Gasteiger partial charge in [-0.05, 0) is 83.5 Å². The SMILES string of the molecule is CC(C)(C)OC(=O)NCCC(=O)OCC(COc1ccc(-c2c(C#N)c(N)nc(SCc3coc(-c4ccc(Cl)cc4)n3)c2C#N)cc1)OC(=O)CCNC(=O)OC(C)(C)C. The molecule has 4 aromatic rings. The normalized spacial score (nSPS) is 11.6. The van der Waals surface area contributed by atoms with Crippen molar-refractivity contribution in [3.05, 3.63) is 76.6 Å². The van der Waals surface area contributed by atoms with Crippen LogP contribution in [0.1, 0.15) is 71.2 Å². The van der Waals surface area contributed by atoms with E-state index in [0.29, 0.717) is 27.9 Å². The fourth-order valence-electron chi connectivity index (χ4n) is 5.12. The second-order valence-electron chi connectivity index (χ2n) is 15.1. The topological polar surface area (TPSA) is 251 Å². The smallest absolute Gasteiger partial charge is 0.407 e. The van der Waals surface area contributed by atoms with Gasteiger partial charge in [-0.25, -0.2) is 19.6 Å². The Morgan fingerprint density at radius 1 is 0.820 bits per heavy atom. The summed E-state index contributed by atoms with van der Waals surface area (Å²) in [5.74, 6) is -0.493. The molecule has 0 aliphatic carbocycles. The first-order chi connectivity index (χ1) is 28.8. The van der Waals surface area contributed by atoms with E-state index in [1.54, 1.807) is 90.1 Å². The molecule has 0 fully saturated rings. The molecule has 0 saturated heterocycles. The summed E-state index contributed by atoms with van der Waals surface area (Å²) in [6.45, 7) is 9.43. The van der Waals surface area contributed by atoms with Gasteiger partial charge < -0.3 is 44.5 Å². The summed E-state index contributed by atoms with van der Waals surface area (Å²) in [6.07, 6.45) is -1.40. The number of pyridine rings is 1. The molecule has 2 aromatic heterocycles. The lowest BCUT2D eigenvalue weighted by Gasteiger charge is -2.21. The highest BCUT2D eigenvalue weighted by Crippen LogP contribution is 2.37. The van der Waals surface area contributed by atoms with Gasteiger partial charge in [-0.15, -0.1) is 0 Å². The molecular weight excluding hydrogens is 830 g/mol. The summed E-state index contributed by atoms with van der Waals surface area (Å²) >= 11 is 7.19. The number of aromatic nitrogens is 2. The van der Waals surface area contributed by atoms with Crippen molar-refractivity contribution in [2.75, 3.05) is 32.0 Å². The second-order valence-corrected chi connectivity index (χ2v) is 16.5. The van der Waals surface area contributed by atoms with Gasteiger partial charge in [-0.2, -0.15) is 10.5 Å². The number of carbonyl (C=O) groups excluding carboxylic acids is 4. The number of alkyl carbamates (subject to hydrolysis) is 2. The molecule has 0 radical (unpaired) electrons. The van der Waals surface area contributed by atoms with Gasteiger partial charge in [0.05, 0.1) is 24.1 Å². The fraction of sp³-hybridized carbons (Fsp3) is 0.381. The van der Waals surface area contributed by atoms with Crippen molar-refractivity contribution in [2.24, 2.45) is 0 Å². The Morgan fingerprint density at radius 3 is 1.97 bits per heavy atom. The highest BCUT2D eigenvalue weighted by Gasteiger charge is 2.23. The molecule has 17 nitrogen and oxygen atoms in total. The zero-order chi connectivity index (χ0) is 44.7. The maximum atomic E-state index is 12.8. The van der Waals surface area contributed by atoms with E-state index in [-0.39, 0.29) is 72.4 Å². The average molecular weight is 876 g/mol. The maximum Gasteiger partial charge on any atom is 0.407 e. The second kappa shape index (κ2) is 21.7. The quantitative estimate of drug-likeness (QED) is 0.0533. The van der Waals surface area contributed by atoms with Crippen LogP contribution in [0.5, 0.6) is 5.75 Å². The summed E-state index contributed by atoms with van der Waals surface area (Å²) < 4.78 is 32.7. The summed E-state index contributed by atoms with van der Waals surface area (Å²) in [6, 6.07) is 17.6. The zero-order valence-corrected chi connectivity index (χ0v) is 36.0. The standard InChI is InChI=1S/C42H46ClN7O10S/c1-41(2,3)59-39(53)47-17-15-33(51)56-23-30(58-34(52)16-18-48-40(54)60-42(4,5)6)22-55-29-13-9-25(10-14-29)35-31(19-44)36(46)50-38(32(35)20-45)61-24-28-21-57-37(49-28)26-7-11-27(43)12-8-26/h7-14,21,30H,15-18,22-24H2,1-6H3,(H2,46,50)(H,47,53)(H,48,54). The molecule has 0 bridgehead atoms. The van der Waals surface area contributed by atoms with Gasteiger partial charge >= 0.3 is 24.1 Å². The number of oxazole rings is 1. The van der Waals surface area contributed by atoms with Crippen molar-refractivity contribution in [2.45, 2.75) is 82.5 Å². The van der Waals surface area contributed by atoms with E-state index in [0.717, 1.165) is 5.56 Å². The van der Waals surface area contributed by atoms with E-state index in [2.05, 4.69) is 32.7 Å². The molecule has 322 valence electrons. The monoisotopic (exact) mass is 875 g/mol. The largest absolute Gasteiger partial charge is 0.490 e. The number of anilines is 1. The van der Waals surface area contributed by atoms with Crippen LogP contribution >= 0.6 is 23.4 Å². The number of nitrogens with zero attached hydrogens (tertiary/aromatic N) is 4. The molecule has 1 unspecified atom stereocenters.